The van der Waals surface area contributed by atoms with E-state index in [0.29, 0.717) is 6.61 Å². The smallest absolute Gasteiger partial charge is 0.155 e. The van der Waals surface area contributed by atoms with Gasteiger partial charge in [0.25, 0.3) is 0 Å². The van der Waals surface area contributed by atoms with Crippen LogP contribution in [0.25, 0.3) is 0 Å². The number of hydrogen-bond acceptors (Lipinski definition) is 3. The second kappa shape index (κ2) is 4.49. The Morgan fingerprint density at radius 1 is 1.42 bits per heavy atom. The van der Waals surface area contributed by atoms with Crippen molar-refractivity contribution in [2.75, 3.05) is 6.61 Å². The fraction of sp³-hybridized carbons (Fsp3) is 0.333. The van der Waals surface area contributed by atoms with Gasteiger partial charge in [-0.25, -0.2) is 0 Å². The summed E-state index contributed by atoms with van der Waals surface area (Å²) in [7, 11) is 0. The third-order valence-electron chi connectivity index (χ3n) is 1.75. The molecule has 0 spiro atoms. The molecule has 0 heterocycles. The van der Waals surface area contributed by atoms with Gasteiger partial charge in [-0.2, -0.15) is 0 Å². The first-order valence-corrected chi connectivity index (χ1v) is 3.84. The topological polar surface area (TPSA) is 38.7 Å². The molecule has 1 rings (SSSR count). The molecule has 1 aromatic rings. The van der Waals surface area contributed by atoms with Crippen LogP contribution in [0, 0.1) is 4.91 Å². The number of rotatable bonds is 4. The summed E-state index contributed by atoms with van der Waals surface area (Å²) in [6, 6.07) is 9.87. The summed E-state index contributed by atoms with van der Waals surface area (Å²) in [6.45, 7) is 2.33. The molecule has 12 heavy (non-hydrogen) atoms. The van der Waals surface area contributed by atoms with Crippen molar-refractivity contribution >= 4 is 0 Å². The molecule has 0 radical (unpaired) electrons. The molecule has 1 atom stereocenters. The highest BCUT2D eigenvalue weighted by atomic mass is 16.7. The largest absolute Gasteiger partial charge is 0.363 e. The summed E-state index contributed by atoms with van der Waals surface area (Å²) in [4.78, 5) is 14.1. The second-order valence-electron chi connectivity index (χ2n) is 2.68. The SMILES string of the molecule is CC(CON=O)c1ccccc1. The molecule has 0 amide bonds. The summed E-state index contributed by atoms with van der Waals surface area (Å²) in [6.07, 6.45) is 0. The fourth-order valence-corrected chi connectivity index (χ4v) is 1.02. The van der Waals surface area contributed by atoms with E-state index in [4.69, 9.17) is 0 Å². The minimum Gasteiger partial charge on any atom is -0.363 e. The standard InChI is InChI=1S/C9H11NO2/c1-8(7-12-10-11)9-5-3-2-4-6-9/h2-6,8H,7H2,1H3. The van der Waals surface area contributed by atoms with Gasteiger partial charge >= 0.3 is 0 Å². The highest BCUT2D eigenvalue weighted by Gasteiger charge is 2.04. The molecule has 0 saturated carbocycles. The molecule has 0 aliphatic heterocycles. The maximum absolute atomic E-state index is 9.67. The summed E-state index contributed by atoms with van der Waals surface area (Å²) < 4.78 is 0. The van der Waals surface area contributed by atoms with Gasteiger partial charge < -0.3 is 4.84 Å². The van der Waals surface area contributed by atoms with E-state index in [2.05, 4.69) is 10.2 Å². The monoisotopic (exact) mass is 165 g/mol. The first-order valence-electron chi connectivity index (χ1n) is 3.84. The molecule has 3 nitrogen and oxygen atoms in total. The van der Waals surface area contributed by atoms with Gasteiger partial charge in [-0.3, -0.25) is 0 Å². The van der Waals surface area contributed by atoms with E-state index in [9.17, 15) is 4.91 Å². The third-order valence-corrected chi connectivity index (χ3v) is 1.75. The van der Waals surface area contributed by atoms with E-state index in [1.54, 1.807) is 0 Å². The van der Waals surface area contributed by atoms with Crippen molar-refractivity contribution in [1.82, 2.24) is 0 Å². The van der Waals surface area contributed by atoms with Gasteiger partial charge in [0.2, 0.25) is 0 Å². The van der Waals surface area contributed by atoms with Crippen molar-refractivity contribution in [2.24, 2.45) is 5.34 Å². The van der Waals surface area contributed by atoms with Crippen LogP contribution in [0.3, 0.4) is 0 Å². The van der Waals surface area contributed by atoms with Crippen LogP contribution in [-0.2, 0) is 4.84 Å². The van der Waals surface area contributed by atoms with Crippen molar-refractivity contribution in [1.29, 1.82) is 0 Å². The van der Waals surface area contributed by atoms with Gasteiger partial charge in [-0.15, -0.1) is 4.91 Å². The van der Waals surface area contributed by atoms with Crippen LogP contribution in [0.15, 0.2) is 35.7 Å². The normalized spacial score (nSPS) is 12.1. The van der Waals surface area contributed by atoms with E-state index >= 15 is 0 Å². The summed E-state index contributed by atoms with van der Waals surface area (Å²) in [5, 5.41) is 2.35. The molecule has 1 unspecified atom stereocenters. The van der Waals surface area contributed by atoms with E-state index in [0.717, 1.165) is 5.56 Å². The third kappa shape index (κ3) is 2.34. The summed E-state index contributed by atoms with van der Waals surface area (Å²) in [5.41, 5.74) is 1.15. The van der Waals surface area contributed by atoms with Crippen molar-refractivity contribution in [3.8, 4) is 0 Å². The van der Waals surface area contributed by atoms with Gasteiger partial charge in [-0.05, 0) is 5.56 Å². The molecule has 1 aromatic carbocycles. The van der Waals surface area contributed by atoms with E-state index in [1.165, 1.54) is 0 Å². The lowest BCUT2D eigenvalue weighted by molar-refractivity contribution is 0.128. The Morgan fingerprint density at radius 3 is 2.67 bits per heavy atom. The van der Waals surface area contributed by atoms with E-state index in [1.807, 2.05) is 37.3 Å². The predicted octanol–water partition coefficient (Wildman–Crippen LogP) is 2.49. The van der Waals surface area contributed by atoms with Crippen molar-refractivity contribution < 1.29 is 4.84 Å². The van der Waals surface area contributed by atoms with Crippen LogP contribution < -0.4 is 0 Å². The fourth-order valence-electron chi connectivity index (χ4n) is 1.02. The maximum Gasteiger partial charge on any atom is 0.155 e. The first-order chi connectivity index (χ1) is 5.84. The van der Waals surface area contributed by atoms with Crippen LogP contribution >= 0.6 is 0 Å². The quantitative estimate of drug-likeness (QED) is 0.507. The predicted molar refractivity (Wildman–Crippen MR) is 46.6 cm³/mol. The Morgan fingerprint density at radius 2 is 2.08 bits per heavy atom. The van der Waals surface area contributed by atoms with Crippen LogP contribution in [0.5, 0.6) is 0 Å². The molecule has 0 fully saturated rings. The molecule has 0 aromatic heterocycles. The van der Waals surface area contributed by atoms with Gasteiger partial charge in [0.05, 0.1) is 0 Å². The number of hydrogen-bond donors (Lipinski definition) is 0. The van der Waals surface area contributed by atoms with Crippen molar-refractivity contribution in [2.45, 2.75) is 12.8 Å². The Hall–Kier alpha value is -1.38. The Labute approximate surface area is 71.3 Å². The highest BCUT2D eigenvalue weighted by Crippen LogP contribution is 2.14. The molecular formula is C9H11NO2. The van der Waals surface area contributed by atoms with Crippen LogP contribution in [-0.4, -0.2) is 6.61 Å². The van der Waals surface area contributed by atoms with Gasteiger partial charge in [0, 0.05) is 5.92 Å². The Bertz CT molecular complexity index is 236. The molecule has 0 saturated heterocycles. The lowest BCUT2D eigenvalue weighted by Crippen LogP contribution is -2.00. The molecule has 0 aliphatic rings. The van der Waals surface area contributed by atoms with Gasteiger partial charge in [0.15, 0.2) is 5.34 Å². The zero-order valence-corrected chi connectivity index (χ0v) is 6.93. The summed E-state index contributed by atoms with van der Waals surface area (Å²) >= 11 is 0. The maximum atomic E-state index is 9.67. The highest BCUT2D eigenvalue weighted by molar-refractivity contribution is 5.18. The minimum absolute atomic E-state index is 0.212. The van der Waals surface area contributed by atoms with E-state index < -0.39 is 0 Å². The number of benzene rings is 1. The van der Waals surface area contributed by atoms with Crippen LogP contribution in [0.1, 0.15) is 18.4 Å². The Balaban J connectivity index is 2.53. The van der Waals surface area contributed by atoms with E-state index in [-0.39, 0.29) is 5.92 Å². The lowest BCUT2D eigenvalue weighted by atomic mass is 10.0. The van der Waals surface area contributed by atoms with Crippen LogP contribution in [0.2, 0.25) is 0 Å². The Kier molecular flexibility index (Phi) is 3.26. The zero-order valence-electron chi connectivity index (χ0n) is 6.93. The van der Waals surface area contributed by atoms with Gasteiger partial charge in [0.1, 0.15) is 6.61 Å². The summed E-state index contributed by atoms with van der Waals surface area (Å²) in [5.74, 6) is 0.212. The average molecular weight is 165 g/mol. The number of nitrogens with zero attached hydrogens (tertiary/aromatic N) is 1. The van der Waals surface area contributed by atoms with Crippen molar-refractivity contribution in [3.05, 3.63) is 40.8 Å². The second-order valence-corrected chi connectivity index (χ2v) is 2.68. The zero-order chi connectivity index (χ0) is 8.81. The molecule has 0 N–H and O–H groups in total. The van der Waals surface area contributed by atoms with Gasteiger partial charge in [-0.1, -0.05) is 37.3 Å². The molecule has 0 bridgehead atoms. The molecular weight excluding hydrogens is 154 g/mol. The first kappa shape index (κ1) is 8.71. The van der Waals surface area contributed by atoms with Crippen molar-refractivity contribution in [3.63, 3.8) is 0 Å². The molecule has 0 aliphatic carbocycles. The lowest BCUT2D eigenvalue weighted by Gasteiger charge is -2.07. The molecule has 3 heteroatoms. The molecule has 64 valence electrons. The van der Waals surface area contributed by atoms with Crippen LogP contribution in [0.4, 0.5) is 0 Å². The minimum atomic E-state index is 0.212. The average Bonchev–Trinajstić information content (AvgIpc) is 2.15.